The van der Waals surface area contributed by atoms with Gasteiger partial charge in [-0.25, -0.2) is 0 Å². The molecule has 0 saturated carbocycles. The molecule has 4 heteroatoms. The highest BCUT2D eigenvalue weighted by Crippen LogP contribution is 1.97. The van der Waals surface area contributed by atoms with Crippen molar-refractivity contribution in [3.05, 3.63) is 0 Å². The third-order valence-electron chi connectivity index (χ3n) is 3.61. The van der Waals surface area contributed by atoms with Gasteiger partial charge in [-0.2, -0.15) is 0 Å². The molecule has 0 aromatic carbocycles. The van der Waals surface area contributed by atoms with E-state index in [2.05, 4.69) is 62.4 Å². The zero-order chi connectivity index (χ0) is 16.8. The Kier molecular flexibility index (Phi) is 14.3. The lowest BCUT2D eigenvalue weighted by molar-refractivity contribution is 0.258. The summed E-state index contributed by atoms with van der Waals surface area (Å²) in [5.74, 6) is 0. The van der Waals surface area contributed by atoms with Gasteiger partial charge in [0.05, 0.1) is 0 Å². The van der Waals surface area contributed by atoms with Crippen LogP contribution >= 0.6 is 0 Å². The first-order valence-electron chi connectivity index (χ1n) is 9.34. The minimum Gasteiger partial charge on any atom is -0.314 e. The molecule has 22 heavy (non-hydrogen) atoms. The Labute approximate surface area is 139 Å². The highest BCUT2D eigenvalue weighted by Gasteiger charge is 2.05. The average molecular weight is 315 g/mol. The summed E-state index contributed by atoms with van der Waals surface area (Å²) in [6, 6.07) is 1.79. The fourth-order valence-corrected chi connectivity index (χ4v) is 2.42. The van der Waals surface area contributed by atoms with Crippen LogP contribution in [0, 0.1) is 0 Å². The second-order valence-corrected chi connectivity index (χ2v) is 7.23. The van der Waals surface area contributed by atoms with Gasteiger partial charge in [0.25, 0.3) is 0 Å². The van der Waals surface area contributed by atoms with Crippen LogP contribution in [0.4, 0.5) is 0 Å². The van der Waals surface area contributed by atoms with Gasteiger partial charge in [0.15, 0.2) is 0 Å². The van der Waals surface area contributed by atoms with E-state index in [9.17, 15) is 0 Å². The van der Waals surface area contributed by atoms with Crippen LogP contribution in [0.15, 0.2) is 0 Å². The maximum Gasteiger partial charge on any atom is 0.00103 e. The van der Waals surface area contributed by atoms with Gasteiger partial charge in [0, 0.05) is 18.1 Å². The van der Waals surface area contributed by atoms with E-state index in [4.69, 9.17) is 0 Å². The van der Waals surface area contributed by atoms with E-state index in [1.807, 2.05) is 0 Å². The van der Waals surface area contributed by atoms with Crippen molar-refractivity contribution in [3.8, 4) is 0 Å². The minimum atomic E-state index is 0.596. The second-order valence-electron chi connectivity index (χ2n) is 7.23. The van der Waals surface area contributed by atoms with Crippen molar-refractivity contribution in [2.75, 3.05) is 39.3 Å². The molecule has 0 spiro atoms. The van der Waals surface area contributed by atoms with Crippen LogP contribution in [-0.4, -0.2) is 62.3 Å². The largest absolute Gasteiger partial charge is 0.314 e. The molecule has 0 atom stereocenters. The molecule has 3 N–H and O–H groups in total. The van der Waals surface area contributed by atoms with Gasteiger partial charge in [0.2, 0.25) is 0 Å². The normalized spacial score (nSPS) is 12.3. The standard InChI is InChI=1S/C18H42N4/c1-16(2)19-10-7-13-22(14-8-11-20-17(3)4)15-9-12-21-18(5)6/h16-21H,7-15H2,1-6H3. The van der Waals surface area contributed by atoms with Crippen molar-refractivity contribution >= 4 is 0 Å². The molecule has 0 radical (unpaired) electrons. The van der Waals surface area contributed by atoms with Crippen molar-refractivity contribution in [2.24, 2.45) is 0 Å². The first-order valence-corrected chi connectivity index (χ1v) is 9.34. The van der Waals surface area contributed by atoms with Crippen molar-refractivity contribution < 1.29 is 0 Å². The summed E-state index contributed by atoms with van der Waals surface area (Å²) < 4.78 is 0. The summed E-state index contributed by atoms with van der Waals surface area (Å²) in [5.41, 5.74) is 0. The molecule has 0 aromatic heterocycles. The smallest absolute Gasteiger partial charge is 0.00103 e. The summed E-state index contributed by atoms with van der Waals surface area (Å²) in [5, 5.41) is 10.5. The predicted molar refractivity (Wildman–Crippen MR) is 99.7 cm³/mol. The van der Waals surface area contributed by atoms with E-state index in [0.717, 1.165) is 19.6 Å². The van der Waals surface area contributed by atoms with Gasteiger partial charge in [0.1, 0.15) is 0 Å². The Morgan fingerprint density at radius 3 is 1.05 bits per heavy atom. The van der Waals surface area contributed by atoms with Crippen molar-refractivity contribution in [3.63, 3.8) is 0 Å². The van der Waals surface area contributed by atoms with Gasteiger partial charge >= 0.3 is 0 Å². The molecule has 0 fully saturated rings. The average Bonchev–Trinajstić information content (AvgIpc) is 2.42. The molecule has 0 amide bonds. The van der Waals surface area contributed by atoms with E-state index in [1.165, 1.54) is 38.9 Å². The highest BCUT2D eigenvalue weighted by atomic mass is 15.1. The van der Waals surface area contributed by atoms with Gasteiger partial charge in [-0.1, -0.05) is 41.5 Å². The molecule has 0 aliphatic carbocycles. The fourth-order valence-electron chi connectivity index (χ4n) is 2.42. The number of hydrogen-bond donors (Lipinski definition) is 3. The molecular formula is C18H42N4. The maximum atomic E-state index is 3.51. The SMILES string of the molecule is CC(C)NCCCN(CCCNC(C)C)CCCNC(C)C. The molecule has 0 heterocycles. The van der Waals surface area contributed by atoms with E-state index >= 15 is 0 Å². The van der Waals surface area contributed by atoms with Gasteiger partial charge in [-0.15, -0.1) is 0 Å². The molecule has 0 rings (SSSR count). The first-order chi connectivity index (χ1) is 10.4. The van der Waals surface area contributed by atoms with Crippen LogP contribution < -0.4 is 16.0 Å². The summed E-state index contributed by atoms with van der Waals surface area (Å²) >= 11 is 0. The van der Waals surface area contributed by atoms with Crippen molar-refractivity contribution in [2.45, 2.75) is 78.9 Å². The number of hydrogen-bond acceptors (Lipinski definition) is 4. The van der Waals surface area contributed by atoms with E-state index in [1.54, 1.807) is 0 Å². The number of rotatable bonds is 15. The Morgan fingerprint density at radius 2 is 0.818 bits per heavy atom. The van der Waals surface area contributed by atoms with Crippen LogP contribution in [-0.2, 0) is 0 Å². The number of nitrogens with zero attached hydrogens (tertiary/aromatic N) is 1. The summed E-state index contributed by atoms with van der Waals surface area (Å²) in [6.45, 7) is 20.3. The molecule has 0 aliphatic heterocycles. The third kappa shape index (κ3) is 16.2. The monoisotopic (exact) mass is 314 g/mol. The molecule has 134 valence electrons. The zero-order valence-electron chi connectivity index (χ0n) is 16.0. The quantitative estimate of drug-likeness (QED) is 0.406. The zero-order valence-corrected chi connectivity index (χ0v) is 16.0. The van der Waals surface area contributed by atoms with Gasteiger partial charge in [-0.3, -0.25) is 0 Å². The number of nitrogens with one attached hydrogen (secondary N) is 3. The predicted octanol–water partition coefficient (Wildman–Crippen LogP) is 2.45. The summed E-state index contributed by atoms with van der Waals surface area (Å²) in [7, 11) is 0. The molecule has 0 bridgehead atoms. The van der Waals surface area contributed by atoms with Crippen LogP contribution in [0.3, 0.4) is 0 Å². The lowest BCUT2D eigenvalue weighted by Crippen LogP contribution is -2.35. The Morgan fingerprint density at radius 1 is 0.545 bits per heavy atom. The second kappa shape index (κ2) is 14.4. The van der Waals surface area contributed by atoms with E-state index in [0.29, 0.717) is 18.1 Å². The van der Waals surface area contributed by atoms with Crippen molar-refractivity contribution in [1.82, 2.24) is 20.9 Å². The summed E-state index contributed by atoms with van der Waals surface area (Å²) in [6.07, 6.45) is 3.73. The molecule has 0 aromatic rings. The van der Waals surface area contributed by atoms with E-state index in [-0.39, 0.29) is 0 Å². The first kappa shape index (κ1) is 21.8. The van der Waals surface area contributed by atoms with Crippen molar-refractivity contribution in [1.29, 1.82) is 0 Å². The Bertz CT molecular complexity index is 191. The molecule has 0 aliphatic rings. The minimum absolute atomic E-state index is 0.596. The van der Waals surface area contributed by atoms with Crippen LogP contribution in [0.25, 0.3) is 0 Å². The third-order valence-corrected chi connectivity index (χ3v) is 3.61. The molecular weight excluding hydrogens is 272 g/mol. The van der Waals surface area contributed by atoms with Gasteiger partial charge in [-0.05, 0) is 58.5 Å². The maximum absolute atomic E-state index is 3.51. The summed E-state index contributed by atoms with van der Waals surface area (Å²) in [4.78, 5) is 2.63. The van der Waals surface area contributed by atoms with Crippen LogP contribution in [0.1, 0.15) is 60.8 Å². The highest BCUT2D eigenvalue weighted by molar-refractivity contribution is 4.64. The van der Waals surface area contributed by atoms with Crippen LogP contribution in [0.5, 0.6) is 0 Å². The Hall–Kier alpha value is -0.160. The van der Waals surface area contributed by atoms with Crippen LogP contribution in [0.2, 0.25) is 0 Å². The fraction of sp³-hybridized carbons (Fsp3) is 1.00. The molecule has 4 nitrogen and oxygen atoms in total. The molecule has 0 unspecified atom stereocenters. The Balaban J connectivity index is 3.86. The lowest BCUT2D eigenvalue weighted by Gasteiger charge is -2.23. The topological polar surface area (TPSA) is 39.3 Å². The van der Waals surface area contributed by atoms with E-state index < -0.39 is 0 Å². The molecule has 0 saturated heterocycles. The lowest BCUT2D eigenvalue weighted by atomic mass is 10.2. The van der Waals surface area contributed by atoms with Gasteiger partial charge < -0.3 is 20.9 Å².